The van der Waals surface area contributed by atoms with E-state index in [0.29, 0.717) is 0 Å². The first-order chi connectivity index (χ1) is 9.90. The number of hydrogen-bond acceptors (Lipinski definition) is 6. The van der Waals surface area contributed by atoms with Gasteiger partial charge >= 0.3 is 5.69 Å². The summed E-state index contributed by atoms with van der Waals surface area (Å²) in [5.41, 5.74) is 4.87. The molecule has 2 rings (SSSR count). The van der Waals surface area contributed by atoms with Crippen LogP contribution in [-0.2, 0) is 10.0 Å². The van der Waals surface area contributed by atoms with E-state index in [9.17, 15) is 18.5 Å². The van der Waals surface area contributed by atoms with E-state index >= 15 is 0 Å². The molecule has 1 heterocycles. The predicted molar refractivity (Wildman–Crippen MR) is 77.1 cm³/mol. The van der Waals surface area contributed by atoms with Crippen molar-refractivity contribution in [2.24, 2.45) is 0 Å². The summed E-state index contributed by atoms with van der Waals surface area (Å²) in [4.78, 5) is 13.4. The molecule has 1 saturated carbocycles. The fraction of sp³-hybridized carbons (Fsp3) is 0.583. The Morgan fingerprint density at radius 2 is 1.90 bits per heavy atom. The molecule has 8 nitrogen and oxygen atoms in total. The van der Waals surface area contributed by atoms with Crippen LogP contribution in [0.4, 0.5) is 11.5 Å². The van der Waals surface area contributed by atoms with E-state index in [4.69, 9.17) is 5.73 Å². The summed E-state index contributed by atoms with van der Waals surface area (Å²) in [7, 11) is -3.82. The molecule has 0 amide bonds. The van der Waals surface area contributed by atoms with Crippen molar-refractivity contribution in [1.29, 1.82) is 0 Å². The van der Waals surface area contributed by atoms with E-state index in [-0.39, 0.29) is 16.8 Å². The molecule has 0 aliphatic heterocycles. The Morgan fingerprint density at radius 3 is 2.48 bits per heavy atom. The van der Waals surface area contributed by atoms with Gasteiger partial charge in [0.15, 0.2) is 0 Å². The van der Waals surface area contributed by atoms with Crippen molar-refractivity contribution < 1.29 is 13.3 Å². The van der Waals surface area contributed by atoms with Crippen LogP contribution in [0.2, 0.25) is 0 Å². The summed E-state index contributed by atoms with van der Waals surface area (Å²) < 4.78 is 27.2. The van der Waals surface area contributed by atoms with Crippen molar-refractivity contribution in [2.75, 3.05) is 5.73 Å². The van der Waals surface area contributed by atoms with Crippen molar-refractivity contribution in [1.82, 2.24) is 9.71 Å². The maximum absolute atomic E-state index is 12.3. The summed E-state index contributed by atoms with van der Waals surface area (Å²) in [6, 6.07) is 0.815. The van der Waals surface area contributed by atoms with E-state index in [1.165, 1.54) is 0 Å². The second-order valence-corrected chi connectivity index (χ2v) is 6.86. The zero-order valence-electron chi connectivity index (χ0n) is 11.5. The fourth-order valence-electron chi connectivity index (χ4n) is 2.42. The van der Waals surface area contributed by atoms with E-state index in [1.54, 1.807) is 0 Å². The van der Waals surface area contributed by atoms with Gasteiger partial charge in [0.25, 0.3) is 0 Å². The van der Waals surface area contributed by atoms with Gasteiger partial charge in [0.2, 0.25) is 15.8 Å². The molecule has 0 bridgehead atoms. The number of sulfonamides is 1. The maximum Gasteiger partial charge on any atom is 0.312 e. The van der Waals surface area contributed by atoms with Gasteiger partial charge in [-0.1, -0.05) is 25.7 Å². The van der Waals surface area contributed by atoms with Crippen molar-refractivity contribution in [3.8, 4) is 0 Å². The third kappa shape index (κ3) is 3.88. The molecule has 0 radical (unpaired) electrons. The molecule has 0 atom stereocenters. The molecule has 0 spiro atoms. The molecule has 1 aromatic rings. The smallest absolute Gasteiger partial charge is 0.312 e. The van der Waals surface area contributed by atoms with Crippen molar-refractivity contribution >= 4 is 21.5 Å². The highest BCUT2D eigenvalue weighted by Crippen LogP contribution is 2.24. The number of rotatable bonds is 4. The Bertz CT molecular complexity index is 624. The molecule has 9 heteroatoms. The Morgan fingerprint density at radius 1 is 1.29 bits per heavy atom. The zero-order chi connectivity index (χ0) is 15.5. The highest BCUT2D eigenvalue weighted by molar-refractivity contribution is 7.89. The minimum absolute atomic E-state index is 0.130. The summed E-state index contributed by atoms with van der Waals surface area (Å²) in [5.74, 6) is -0.298. The van der Waals surface area contributed by atoms with Crippen LogP contribution in [0.5, 0.6) is 0 Å². The predicted octanol–water partition coefficient (Wildman–Crippen LogP) is 1.57. The lowest BCUT2D eigenvalue weighted by atomic mass is 10.1. The molecule has 3 N–H and O–H groups in total. The van der Waals surface area contributed by atoms with Crippen LogP contribution in [0.1, 0.15) is 38.5 Å². The molecule has 1 aliphatic carbocycles. The lowest BCUT2D eigenvalue weighted by Crippen LogP contribution is -2.34. The van der Waals surface area contributed by atoms with E-state index < -0.39 is 20.6 Å². The molecule has 21 heavy (non-hydrogen) atoms. The number of nitrogens with one attached hydrogen (secondary N) is 1. The molecule has 0 saturated heterocycles. The SMILES string of the molecule is Nc1ncc(S(=O)(=O)NC2CCCCCC2)cc1[N+](=O)[O-]. The van der Waals surface area contributed by atoms with Crippen LogP contribution in [-0.4, -0.2) is 24.4 Å². The van der Waals surface area contributed by atoms with Crippen molar-refractivity contribution in [2.45, 2.75) is 49.5 Å². The van der Waals surface area contributed by atoms with Gasteiger partial charge in [0, 0.05) is 18.3 Å². The van der Waals surface area contributed by atoms with Gasteiger partial charge in [-0.25, -0.2) is 18.1 Å². The fourth-order valence-corrected chi connectivity index (χ4v) is 3.69. The minimum Gasteiger partial charge on any atom is -0.378 e. The molecule has 0 aromatic carbocycles. The van der Waals surface area contributed by atoms with Crippen LogP contribution in [0.25, 0.3) is 0 Å². The van der Waals surface area contributed by atoms with Gasteiger partial charge in [-0.2, -0.15) is 0 Å². The number of nitrogens with two attached hydrogens (primary N) is 1. The van der Waals surface area contributed by atoms with Gasteiger partial charge in [0.1, 0.15) is 4.90 Å². The molecule has 1 aliphatic rings. The summed E-state index contributed by atoms with van der Waals surface area (Å²) in [6.07, 6.45) is 6.77. The van der Waals surface area contributed by atoms with E-state index in [2.05, 4.69) is 9.71 Å². The van der Waals surface area contributed by atoms with E-state index in [0.717, 1.165) is 50.8 Å². The molecular weight excluding hydrogens is 296 g/mol. The van der Waals surface area contributed by atoms with Crippen molar-refractivity contribution in [3.05, 3.63) is 22.4 Å². The first-order valence-electron chi connectivity index (χ1n) is 6.82. The number of aromatic nitrogens is 1. The average molecular weight is 314 g/mol. The quantitative estimate of drug-likeness (QED) is 0.493. The normalized spacial score (nSPS) is 17.3. The Kier molecular flexibility index (Phi) is 4.73. The zero-order valence-corrected chi connectivity index (χ0v) is 12.3. The van der Waals surface area contributed by atoms with Gasteiger partial charge in [-0.15, -0.1) is 0 Å². The first-order valence-corrected chi connectivity index (χ1v) is 8.31. The summed E-state index contributed by atoms with van der Waals surface area (Å²) in [5, 5.41) is 10.8. The minimum atomic E-state index is -3.82. The Balaban J connectivity index is 2.22. The Hall–Kier alpha value is -1.74. The molecule has 116 valence electrons. The first kappa shape index (κ1) is 15.6. The van der Waals surface area contributed by atoms with Crippen LogP contribution < -0.4 is 10.5 Å². The lowest BCUT2D eigenvalue weighted by Gasteiger charge is -2.16. The standard InChI is InChI=1S/C12H18N4O4S/c13-12-11(16(17)18)7-10(8-14-12)21(19,20)15-9-5-3-1-2-4-6-9/h7-9,15H,1-6H2,(H2,13,14). The van der Waals surface area contributed by atoms with Crippen LogP contribution in [0.15, 0.2) is 17.2 Å². The van der Waals surface area contributed by atoms with Gasteiger partial charge in [-0.05, 0) is 12.8 Å². The molecule has 0 unspecified atom stereocenters. The second-order valence-electron chi connectivity index (χ2n) is 5.14. The summed E-state index contributed by atoms with van der Waals surface area (Å²) >= 11 is 0. The van der Waals surface area contributed by atoms with Crippen molar-refractivity contribution in [3.63, 3.8) is 0 Å². The van der Waals surface area contributed by atoms with Crippen LogP contribution in [0, 0.1) is 10.1 Å². The third-order valence-electron chi connectivity index (χ3n) is 3.56. The maximum atomic E-state index is 12.3. The molecular formula is C12H18N4O4S. The number of pyridine rings is 1. The second kappa shape index (κ2) is 6.35. The largest absolute Gasteiger partial charge is 0.378 e. The topological polar surface area (TPSA) is 128 Å². The average Bonchev–Trinajstić information content (AvgIpc) is 2.66. The highest BCUT2D eigenvalue weighted by atomic mass is 32.2. The molecule has 1 aromatic heterocycles. The van der Waals surface area contributed by atoms with Crippen LogP contribution in [0.3, 0.4) is 0 Å². The van der Waals surface area contributed by atoms with Crippen LogP contribution >= 0.6 is 0 Å². The number of hydrogen-bond donors (Lipinski definition) is 2. The number of nitrogens with zero attached hydrogens (tertiary/aromatic N) is 2. The number of nitro groups is 1. The van der Waals surface area contributed by atoms with Gasteiger partial charge in [-0.3, -0.25) is 10.1 Å². The number of nitrogen functional groups attached to an aromatic ring is 1. The van der Waals surface area contributed by atoms with Gasteiger partial charge in [0.05, 0.1) is 4.92 Å². The molecule has 1 fully saturated rings. The Labute approximate surface area is 123 Å². The number of anilines is 1. The lowest BCUT2D eigenvalue weighted by molar-refractivity contribution is -0.384. The highest BCUT2D eigenvalue weighted by Gasteiger charge is 2.24. The summed E-state index contributed by atoms with van der Waals surface area (Å²) in [6.45, 7) is 0. The monoisotopic (exact) mass is 314 g/mol. The third-order valence-corrected chi connectivity index (χ3v) is 5.04. The van der Waals surface area contributed by atoms with E-state index in [1.807, 2.05) is 0 Å². The van der Waals surface area contributed by atoms with Gasteiger partial charge < -0.3 is 5.73 Å².